The number of hydrogen-bond donors (Lipinski definition) is 1. The third-order valence-electron chi connectivity index (χ3n) is 3.98. The van der Waals surface area contributed by atoms with Crippen LogP contribution in [0.3, 0.4) is 0 Å². The zero-order valence-electron chi connectivity index (χ0n) is 15.5. The fourth-order valence-electron chi connectivity index (χ4n) is 2.62. The lowest BCUT2D eigenvalue weighted by molar-refractivity contribution is -0.152. The molecule has 1 aliphatic heterocycles. The monoisotopic (exact) mass is 423 g/mol. The van der Waals surface area contributed by atoms with Gasteiger partial charge in [-0.25, -0.2) is 0 Å². The number of fused-ring (bicyclic) bond motifs is 1. The Morgan fingerprint density at radius 1 is 1.10 bits per heavy atom. The van der Waals surface area contributed by atoms with Crippen LogP contribution in [0.4, 0.5) is 14.5 Å². The number of halogens is 2. The summed E-state index contributed by atoms with van der Waals surface area (Å²) >= 11 is 0.418. The van der Waals surface area contributed by atoms with Gasteiger partial charge in [0.25, 0.3) is 11.7 Å². The third-order valence-corrected chi connectivity index (χ3v) is 4.70. The van der Waals surface area contributed by atoms with Crippen LogP contribution < -0.4 is 14.8 Å². The Kier molecular flexibility index (Phi) is 6.92. The second-order valence-electron chi connectivity index (χ2n) is 6.18. The highest BCUT2D eigenvalue weighted by Gasteiger charge is 2.19. The highest BCUT2D eigenvalue weighted by atomic mass is 32.2. The van der Waals surface area contributed by atoms with Gasteiger partial charge in [-0.1, -0.05) is 17.8 Å². The number of esters is 1. The molecule has 1 N–H and O–H groups in total. The average molecular weight is 423 g/mol. The average Bonchev–Trinajstić information content (AvgIpc) is 2.68. The number of benzene rings is 2. The molecule has 29 heavy (non-hydrogen) atoms. The molecule has 0 saturated heterocycles. The number of anilines is 1. The van der Waals surface area contributed by atoms with Crippen molar-refractivity contribution >= 4 is 29.3 Å². The first-order valence-corrected chi connectivity index (χ1v) is 9.72. The summed E-state index contributed by atoms with van der Waals surface area (Å²) in [4.78, 5) is 24.7. The Bertz CT molecular complexity index is 876. The summed E-state index contributed by atoms with van der Waals surface area (Å²) in [6.45, 7) is 2.38. The van der Waals surface area contributed by atoms with Gasteiger partial charge in [-0.15, -0.1) is 0 Å². The molecule has 0 radical (unpaired) electrons. The molecule has 1 amide bonds. The van der Waals surface area contributed by atoms with Crippen LogP contribution in [0.15, 0.2) is 47.4 Å². The van der Waals surface area contributed by atoms with Crippen LogP contribution in [0.1, 0.15) is 12.5 Å². The molecule has 0 spiro atoms. The zero-order valence-corrected chi connectivity index (χ0v) is 16.3. The molecule has 0 fully saturated rings. The van der Waals surface area contributed by atoms with Crippen LogP contribution in [-0.4, -0.2) is 37.0 Å². The maximum Gasteiger partial charge on any atom is 0.311 e. The lowest BCUT2D eigenvalue weighted by Gasteiger charge is -2.19. The Morgan fingerprint density at radius 2 is 1.79 bits per heavy atom. The van der Waals surface area contributed by atoms with Crippen molar-refractivity contribution in [2.45, 2.75) is 30.1 Å². The van der Waals surface area contributed by atoms with Crippen molar-refractivity contribution in [1.29, 1.82) is 0 Å². The van der Waals surface area contributed by atoms with E-state index in [1.54, 1.807) is 18.2 Å². The van der Waals surface area contributed by atoms with E-state index in [4.69, 9.17) is 14.2 Å². The van der Waals surface area contributed by atoms with Gasteiger partial charge in [-0.2, -0.15) is 8.78 Å². The minimum atomic E-state index is -2.51. The molecule has 3 rings (SSSR count). The number of nitrogens with one attached hydrogen (secondary N) is 1. The van der Waals surface area contributed by atoms with E-state index in [1.165, 1.54) is 31.2 Å². The Balaban J connectivity index is 1.50. The summed E-state index contributed by atoms with van der Waals surface area (Å²) in [6, 6.07) is 11.1. The third kappa shape index (κ3) is 6.08. The second-order valence-corrected chi connectivity index (χ2v) is 7.24. The first-order valence-electron chi connectivity index (χ1n) is 8.84. The van der Waals surface area contributed by atoms with Gasteiger partial charge in [0, 0.05) is 10.6 Å². The Morgan fingerprint density at radius 3 is 2.48 bits per heavy atom. The maximum absolute atomic E-state index is 12.3. The maximum atomic E-state index is 12.3. The first kappa shape index (κ1) is 20.9. The normalized spacial score (nSPS) is 13.7. The second kappa shape index (κ2) is 9.60. The van der Waals surface area contributed by atoms with E-state index in [-0.39, 0.29) is 6.42 Å². The molecule has 0 aromatic heterocycles. The van der Waals surface area contributed by atoms with Crippen LogP contribution in [-0.2, 0) is 20.7 Å². The van der Waals surface area contributed by atoms with Crippen LogP contribution >= 0.6 is 11.8 Å². The van der Waals surface area contributed by atoms with E-state index < -0.39 is 23.7 Å². The van der Waals surface area contributed by atoms with Crippen molar-refractivity contribution in [2.75, 3.05) is 18.5 Å². The number of alkyl halides is 2. The molecule has 0 saturated carbocycles. The van der Waals surface area contributed by atoms with E-state index in [0.29, 0.717) is 52.6 Å². The SMILES string of the molecule is CC(OC(=O)Cc1ccc2c(c1)OCCO2)C(=O)Nc1ccc(SC(F)F)cc1. The molecular formula is C20H19F2NO5S. The van der Waals surface area contributed by atoms with E-state index in [2.05, 4.69) is 5.32 Å². The lowest BCUT2D eigenvalue weighted by atomic mass is 10.1. The fraction of sp³-hybridized carbons (Fsp3) is 0.300. The minimum absolute atomic E-state index is 0.0200. The zero-order chi connectivity index (χ0) is 20.8. The van der Waals surface area contributed by atoms with Crippen molar-refractivity contribution in [3.8, 4) is 11.5 Å². The first-order chi connectivity index (χ1) is 13.9. The summed E-state index contributed by atoms with van der Waals surface area (Å²) in [5, 5.41) is 2.58. The molecule has 0 bridgehead atoms. The Labute approximate surface area is 170 Å². The van der Waals surface area contributed by atoms with Crippen LogP contribution in [0, 0.1) is 0 Å². The molecule has 9 heteroatoms. The molecule has 1 atom stereocenters. The topological polar surface area (TPSA) is 73.9 Å². The molecule has 1 heterocycles. The van der Waals surface area contributed by atoms with Gasteiger partial charge >= 0.3 is 5.97 Å². The van der Waals surface area contributed by atoms with Gasteiger partial charge in [0.1, 0.15) is 13.2 Å². The molecular weight excluding hydrogens is 404 g/mol. The molecule has 1 unspecified atom stereocenters. The van der Waals surface area contributed by atoms with Crippen molar-refractivity contribution < 1.29 is 32.6 Å². The lowest BCUT2D eigenvalue weighted by Crippen LogP contribution is -2.30. The van der Waals surface area contributed by atoms with Crippen LogP contribution in [0.2, 0.25) is 0 Å². The summed E-state index contributed by atoms with van der Waals surface area (Å²) in [7, 11) is 0. The fourth-order valence-corrected chi connectivity index (χ4v) is 3.12. The Hall–Kier alpha value is -2.81. The van der Waals surface area contributed by atoms with Crippen LogP contribution in [0.5, 0.6) is 11.5 Å². The van der Waals surface area contributed by atoms with Crippen LogP contribution in [0.25, 0.3) is 0 Å². The summed E-state index contributed by atoms with van der Waals surface area (Å²) in [5.41, 5.74) is 1.10. The number of hydrogen-bond acceptors (Lipinski definition) is 6. The van der Waals surface area contributed by atoms with Gasteiger partial charge in [0.05, 0.1) is 6.42 Å². The predicted molar refractivity (Wildman–Crippen MR) is 104 cm³/mol. The highest BCUT2D eigenvalue weighted by Crippen LogP contribution is 2.31. The van der Waals surface area contributed by atoms with E-state index in [1.807, 2.05) is 0 Å². The predicted octanol–water partition coefficient (Wildman–Crippen LogP) is 3.89. The number of thioether (sulfide) groups is 1. The van der Waals surface area contributed by atoms with Crippen molar-refractivity contribution in [3.05, 3.63) is 48.0 Å². The van der Waals surface area contributed by atoms with E-state index in [0.717, 1.165) is 0 Å². The highest BCUT2D eigenvalue weighted by molar-refractivity contribution is 7.99. The quantitative estimate of drug-likeness (QED) is 0.538. The van der Waals surface area contributed by atoms with Gasteiger partial charge < -0.3 is 19.5 Å². The number of ether oxygens (including phenoxy) is 3. The molecule has 154 valence electrons. The number of carbonyl (C=O) groups is 2. The molecule has 6 nitrogen and oxygen atoms in total. The van der Waals surface area contributed by atoms with E-state index in [9.17, 15) is 18.4 Å². The summed E-state index contributed by atoms with van der Waals surface area (Å²) in [6.07, 6.45) is -1.04. The van der Waals surface area contributed by atoms with Gasteiger partial charge in [-0.3, -0.25) is 9.59 Å². The van der Waals surface area contributed by atoms with E-state index >= 15 is 0 Å². The minimum Gasteiger partial charge on any atom is -0.486 e. The van der Waals surface area contributed by atoms with Gasteiger partial charge in [0.2, 0.25) is 0 Å². The molecule has 2 aromatic rings. The number of amides is 1. The van der Waals surface area contributed by atoms with Gasteiger partial charge in [-0.05, 0) is 48.9 Å². The summed E-state index contributed by atoms with van der Waals surface area (Å²) in [5.74, 6) is -2.40. The number of rotatable bonds is 7. The summed E-state index contributed by atoms with van der Waals surface area (Å²) < 4.78 is 40.7. The standard InChI is InChI=1S/C20H19F2NO5S/c1-12(19(25)23-14-3-5-15(6-4-14)29-20(21)22)28-18(24)11-13-2-7-16-17(10-13)27-9-8-26-16/h2-7,10,12,20H,8-9,11H2,1H3,(H,23,25). The number of carbonyl (C=O) groups excluding carboxylic acids is 2. The smallest absolute Gasteiger partial charge is 0.311 e. The molecule has 1 aliphatic rings. The van der Waals surface area contributed by atoms with Crippen molar-refractivity contribution in [2.24, 2.45) is 0 Å². The molecule has 0 aliphatic carbocycles. The largest absolute Gasteiger partial charge is 0.486 e. The van der Waals surface area contributed by atoms with Crippen molar-refractivity contribution in [1.82, 2.24) is 0 Å². The van der Waals surface area contributed by atoms with Crippen molar-refractivity contribution in [3.63, 3.8) is 0 Å². The van der Waals surface area contributed by atoms with Gasteiger partial charge in [0.15, 0.2) is 17.6 Å². The molecule has 2 aromatic carbocycles.